The van der Waals surface area contributed by atoms with Crippen molar-refractivity contribution in [2.24, 2.45) is 0 Å². The Hall–Kier alpha value is -4.64. The van der Waals surface area contributed by atoms with Crippen LogP contribution in [0.2, 0.25) is 0 Å². The maximum absolute atomic E-state index is 10.9. The van der Waals surface area contributed by atoms with Gasteiger partial charge >= 0.3 is 5.97 Å². The molecule has 172 valence electrons. The molecule has 0 radical (unpaired) electrons. The molecule has 35 heavy (non-hydrogen) atoms. The summed E-state index contributed by atoms with van der Waals surface area (Å²) < 4.78 is 7.41. The van der Waals surface area contributed by atoms with Crippen molar-refractivity contribution in [2.45, 2.75) is 6.92 Å². The van der Waals surface area contributed by atoms with Crippen molar-refractivity contribution in [1.29, 1.82) is 0 Å². The molecule has 4 aromatic carbocycles. The van der Waals surface area contributed by atoms with E-state index < -0.39 is 5.97 Å². The van der Waals surface area contributed by atoms with Gasteiger partial charge in [-0.3, -0.25) is 0 Å². The van der Waals surface area contributed by atoms with Crippen molar-refractivity contribution in [3.8, 4) is 44.9 Å². The van der Waals surface area contributed by atoms with Crippen LogP contribution in [-0.2, 0) is 4.79 Å². The first-order valence-electron chi connectivity index (χ1n) is 11.4. The molecule has 1 aromatic heterocycles. The Morgan fingerprint density at radius 3 is 2.14 bits per heavy atom. The van der Waals surface area contributed by atoms with Gasteiger partial charge in [0.1, 0.15) is 11.4 Å². The molecule has 0 saturated heterocycles. The molecule has 1 N–H and O–H groups in total. The summed E-state index contributed by atoms with van der Waals surface area (Å²) in [5, 5.41) is 14.1. The van der Waals surface area contributed by atoms with Gasteiger partial charge in [-0.25, -0.2) is 9.48 Å². The van der Waals surface area contributed by atoms with Gasteiger partial charge in [-0.1, -0.05) is 91.0 Å². The van der Waals surface area contributed by atoms with Crippen LogP contribution >= 0.6 is 0 Å². The summed E-state index contributed by atoms with van der Waals surface area (Å²) in [6.07, 6.45) is 0. The topological polar surface area (TPSA) is 64.4 Å². The van der Waals surface area contributed by atoms with Crippen molar-refractivity contribution in [2.75, 3.05) is 6.61 Å². The van der Waals surface area contributed by atoms with Crippen molar-refractivity contribution in [3.63, 3.8) is 0 Å². The zero-order valence-electron chi connectivity index (χ0n) is 19.3. The molecule has 5 rings (SSSR count). The second-order valence-corrected chi connectivity index (χ2v) is 8.18. The summed E-state index contributed by atoms with van der Waals surface area (Å²) in [6, 6.07) is 36.0. The molecule has 0 spiro atoms. The van der Waals surface area contributed by atoms with Gasteiger partial charge in [-0.05, 0) is 36.2 Å². The fourth-order valence-electron chi connectivity index (χ4n) is 4.29. The molecule has 0 aliphatic heterocycles. The lowest BCUT2D eigenvalue weighted by Crippen LogP contribution is -2.09. The van der Waals surface area contributed by atoms with Crippen LogP contribution in [0.15, 0.2) is 109 Å². The average Bonchev–Trinajstić information content (AvgIpc) is 3.25. The summed E-state index contributed by atoms with van der Waals surface area (Å²) in [5.41, 5.74) is 8.01. The highest BCUT2D eigenvalue weighted by atomic mass is 16.5. The highest BCUT2D eigenvalue weighted by Gasteiger charge is 2.20. The fourth-order valence-corrected chi connectivity index (χ4v) is 4.29. The maximum atomic E-state index is 10.9. The Labute approximate surface area is 203 Å². The molecular weight excluding hydrogens is 436 g/mol. The number of nitrogens with zero attached hydrogens (tertiary/aromatic N) is 2. The number of carboxylic acid groups (broad SMARTS) is 1. The number of rotatable bonds is 7. The van der Waals surface area contributed by atoms with Gasteiger partial charge in [0.2, 0.25) is 0 Å². The summed E-state index contributed by atoms with van der Waals surface area (Å²) >= 11 is 0. The first-order chi connectivity index (χ1) is 17.1. The minimum atomic E-state index is -1.01. The Bertz CT molecular complexity index is 1470. The number of aromatic nitrogens is 2. The van der Waals surface area contributed by atoms with E-state index in [1.54, 1.807) is 6.07 Å². The van der Waals surface area contributed by atoms with Gasteiger partial charge in [0.25, 0.3) is 0 Å². The van der Waals surface area contributed by atoms with Crippen LogP contribution in [0.4, 0.5) is 0 Å². The summed E-state index contributed by atoms with van der Waals surface area (Å²) in [5.74, 6) is -0.503. The van der Waals surface area contributed by atoms with E-state index >= 15 is 0 Å². The molecule has 0 bridgehead atoms. The smallest absolute Gasteiger partial charge is 0.341 e. The lowest BCUT2D eigenvalue weighted by molar-refractivity contribution is -0.139. The van der Waals surface area contributed by atoms with E-state index in [1.807, 2.05) is 83.5 Å². The third kappa shape index (κ3) is 4.57. The number of hydrogen-bond acceptors (Lipinski definition) is 3. The molecule has 0 atom stereocenters. The van der Waals surface area contributed by atoms with Crippen LogP contribution in [0.5, 0.6) is 5.75 Å². The summed E-state index contributed by atoms with van der Waals surface area (Å²) in [6.45, 7) is 1.70. The van der Waals surface area contributed by atoms with Crippen LogP contribution in [0.1, 0.15) is 5.69 Å². The standard InChI is InChI=1S/C30H24N2O3/c1-21-29(22-11-4-2-5-12-22)30(23-13-6-3-7-14-23)31-32(21)27-18-9-8-17-26(27)24-15-10-16-25(19-24)35-20-28(33)34/h2-19H,20H2,1H3,(H,33,34). The number of hydrogen-bond donors (Lipinski definition) is 1. The first-order valence-corrected chi connectivity index (χ1v) is 11.4. The SMILES string of the molecule is Cc1c(-c2ccccc2)c(-c2ccccc2)nn1-c1ccccc1-c1cccc(OCC(=O)O)c1. The fraction of sp³-hybridized carbons (Fsp3) is 0.0667. The highest BCUT2D eigenvalue weighted by molar-refractivity contribution is 5.84. The molecule has 0 saturated carbocycles. The van der Waals surface area contributed by atoms with Crippen LogP contribution in [-0.4, -0.2) is 27.5 Å². The number of carbonyl (C=O) groups is 1. The quantitative estimate of drug-likeness (QED) is 0.295. The monoisotopic (exact) mass is 460 g/mol. The molecule has 5 aromatic rings. The average molecular weight is 461 g/mol. The molecule has 1 heterocycles. The van der Waals surface area contributed by atoms with Gasteiger partial charge in [-0.15, -0.1) is 0 Å². The van der Waals surface area contributed by atoms with E-state index in [1.165, 1.54) is 0 Å². The van der Waals surface area contributed by atoms with E-state index in [0.717, 1.165) is 44.9 Å². The molecule has 5 nitrogen and oxygen atoms in total. The number of carboxylic acids is 1. The second kappa shape index (κ2) is 9.69. The van der Waals surface area contributed by atoms with Crippen molar-refractivity contribution < 1.29 is 14.6 Å². The van der Waals surface area contributed by atoms with Crippen molar-refractivity contribution >= 4 is 5.97 Å². The number of benzene rings is 4. The second-order valence-electron chi connectivity index (χ2n) is 8.18. The normalized spacial score (nSPS) is 10.8. The third-order valence-corrected chi connectivity index (χ3v) is 5.87. The van der Waals surface area contributed by atoms with Crippen LogP contribution in [0.3, 0.4) is 0 Å². The molecule has 0 unspecified atom stereocenters. The molecule has 0 fully saturated rings. The highest BCUT2D eigenvalue weighted by Crippen LogP contribution is 2.37. The zero-order valence-corrected chi connectivity index (χ0v) is 19.3. The molecule has 0 aliphatic rings. The molecule has 0 aliphatic carbocycles. The van der Waals surface area contributed by atoms with Gasteiger partial charge < -0.3 is 9.84 Å². The summed E-state index contributed by atoms with van der Waals surface area (Å²) in [4.78, 5) is 10.9. The van der Waals surface area contributed by atoms with Crippen molar-refractivity contribution in [1.82, 2.24) is 9.78 Å². The largest absolute Gasteiger partial charge is 0.482 e. The minimum absolute atomic E-state index is 0.385. The molecular formula is C30H24N2O3. The van der Waals surface area contributed by atoms with Gasteiger partial charge in [0.15, 0.2) is 6.61 Å². The van der Waals surface area contributed by atoms with Gasteiger partial charge in [-0.2, -0.15) is 5.10 Å². The van der Waals surface area contributed by atoms with E-state index in [4.69, 9.17) is 14.9 Å². The Kier molecular flexibility index (Phi) is 6.14. The maximum Gasteiger partial charge on any atom is 0.341 e. The van der Waals surface area contributed by atoms with Gasteiger partial charge in [0.05, 0.1) is 5.69 Å². The van der Waals surface area contributed by atoms with Crippen LogP contribution in [0, 0.1) is 6.92 Å². The van der Waals surface area contributed by atoms with Crippen LogP contribution < -0.4 is 4.74 Å². The predicted molar refractivity (Wildman–Crippen MR) is 138 cm³/mol. The first kappa shape index (κ1) is 22.2. The Balaban J connectivity index is 1.67. The number of ether oxygens (including phenoxy) is 1. The minimum Gasteiger partial charge on any atom is -0.482 e. The molecule has 0 amide bonds. The van der Waals surface area contributed by atoms with E-state index in [2.05, 4.69) is 31.2 Å². The van der Waals surface area contributed by atoms with E-state index in [0.29, 0.717) is 5.75 Å². The number of aliphatic carboxylic acids is 1. The van der Waals surface area contributed by atoms with Crippen molar-refractivity contribution in [3.05, 3.63) is 115 Å². The third-order valence-electron chi connectivity index (χ3n) is 5.87. The van der Waals surface area contributed by atoms with E-state index in [9.17, 15) is 4.79 Å². The lowest BCUT2D eigenvalue weighted by atomic mass is 9.99. The van der Waals surface area contributed by atoms with Crippen LogP contribution in [0.25, 0.3) is 39.2 Å². The zero-order chi connectivity index (χ0) is 24.2. The Morgan fingerprint density at radius 2 is 1.43 bits per heavy atom. The van der Waals surface area contributed by atoms with E-state index in [-0.39, 0.29) is 6.61 Å². The number of para-hydroxylation sites is 1. The predicted octanol–water partition coefficient (Wildman–Crippen LogP) is 6.65. The summed E-state index contributed by atoms with van der Waals surface area (Å²) in [7, 11) is 0. The van der Waals surface area contributed by atoms with Gasteiger partial charge in [0, 0.05) is 22.4 Å². The lowest BCUT2D eigenvalue weighted by Gasteiger charge is -2.13. The Morgan fingerprint density at radius 1 is 0.800 bits per heavy atom. The molecule has 5 heteroatoms.